The van der Waals surface area contributed by atoms with Gasteiger partial charge in [-0.25, -0.2) is 14.4 Å². The Morgan fingerprint density at radius 2 is 1.33 bits per heavy atom. The number of fused-ring (bicyclic) bond motifs is 1. The van der Waals surface area contributed by atoms with Crippen LogP contribution < -0.4 is 5.32 Å². The Bertz CT molecular complexity index is 1270. The van der Waals surface area contributed by atoms with Crippen LogP contribution in [0.4, 0.5) is 0 Å². The fourth-order valence-corrected chi connectivity index (χ4v) is 6.14. The smallest absolute Gasteiger partial charge is 0.335 e. The molecule has 3 atom stereocenters. The molecule has 0 radical (unpaired) electrons. The van der Waals surface area contributed by atoms with E-state index in [0.29, 0.717) is 0 Å². The summed E-state index contributed by atoms with van der Waals surface area (Å²) in [5, 5.41) is 2.83. The summed E-state index contributed by atoms with van der Waals surface area (Å²) < 4.78 is 15.6. The van der Waals surface area contributed by atoms with Crippen molar-refractivity contribution < 1.29 is 33.4 Å². The number of methoxy groups -OCH3 is 2. The van der Waals surface area contributed by atoms with Crippen LogP contribution in [-0.2, 0) is 46.2 Å². The molecule has 4 aliphatic carbocycles. The summed E-state index contributed by atoms with van der Waals surface area (Å²) in [7, 11) is 2.59. The van der Waals surface area contributed by atoms with Crippen LogP contribution in [0.15, 0.2) is 47.5 Å². The van der Waals surface area contributed by atoms with Crippen molar-refractivity contribution in [3.05, 3.63) is 80.9 Å². The van der Waals surface area contributed by atoms with Gasteiger partial charge in [0, 0.05) is 31.6 Å². The molecule has 0 heterocycles. The number of amides is 1. The summed E-state index contributed by atoms with van der Waals surface area (Å²) in [4.78, 5) is 51.1. The van der Waals surface area contributed by atoms with Gasteiger partial charge in [-0.05, 0) is 40.3 Å². The van der Waals surface area contributed by atoms with Crippen molar-refractivity contribution in [2.45, 2.75) is 44.1 Å². The van der Waals surface area contributed by atoms with Gasteiger partial charge in [0.15, 0.2) is 0 Å². The molecule has 2 bridgehead atoms. The zero-order valence-corrected chi connectivity index (χ0v) is 20.6. The van der Waals surface area contributed by atoms with Gasteiger partial charge in [0.1, 0.15) is 5.54 Å². The largest absolute Gasteiger partial charge is 0.466 e. The molecule has 6 rings (SSSR count). The number of rotatable bonds is 5. The maximum atomic E-state index is 13.0. The van der Waals surface area contributed by atoms with Crippen LogP contribution in [-0.4, -0.2) is 50.2 Å². The number of benzene rings is 2. The van der Waals surface area contributed by atoms with E-state index < -0.39 is 35.3 Å². The van der Waals surface area contributed by atoms with Gasteiger partial charge in [-0.3, -0.25) is 4.79 Å². The molecule has 1 N–H and O–H groups in total. The number of hydrogen-bond acceptors (Lipinski definition) is 7. The van der Waals surface area contributed by atoms with E-state index in [-0.39, 0.29) is 36.5 Å². The second kappa shape index (κ2) is 8.62. The monoisotopic (exact) mass is 489 g/mol. The fraction of sp³-hybridized carbons (Fsp3) is 0.357. The van der Waals surface area contributed by atoms with Crippen LogP contribution in [0.1, 0.15) is 59.1 Å². The molecule has 1 amide bonds. The predicted molar refractivity (Wildman–Crippen MR) is 128 cm³/mol. The van der Waals surface area contributed by atoms with Crippen LogP contribution in [0.5, 0.6) is 0 Å². The molecule has 2 aromatic carbocycles. The quantitative estimate of drug-likeness (QED) is 0.508. The molecule has 186 valence electrons. The zero-order chi connectivity index (χ0) is 25.8. The maximum Gasteiger partial charge on any atom is 0.335 e. The van der Waals surface area contributed by atoms with Gasteiger partial charge >= 0.3 is 17.9 Å². The van der Waals surface area contributed by atoms with Gasteiger partial charge in [0.2, 0.25) is 5.91 Å². The minimum atomic E-state index is -1.20. The van der Waals surface area contributed by atoms with E-state index >= 15 is 0 Å². The minimum Gasteiger partial charge on any atom is -0.466 e. The Morgan fingerprint density at radius 1 is 0.861 bits per heavy atom. The van der Waals surface area contributed by atoms with Gasteiger partial charge in [0.25, 0.3) is 0 Å². The molecular weight excluding hydrogens is 462 g/mol. The van der Waals surface area contributed by atoms with E-state index in [1.165, 1.54) is 21.1 Å². The Balaban J connectivity index is 1.71. The van der Waals surface area contributed by atoms with Gasteiger partial charge < -0.3 is 19.5 Å². The second-order valence-corrected chi connectivity index (χ2v) is 9.39. The first-order valence-electron chi connectivity index (χ1n) is 11.9. The summed E-state index contributed by atoms with van der Waals surface area (Å²) in [6, 6.07) is 11.7. The van der Waals surface area contributed by atoms with Crippen LogP contribution in [0.3, 0.4) is 0 Å². The molecule has 0 saturated heterocycles. The van der Waals surface area contributed by atoms with Crippen molar-refractivity contribution in [2.24, 2.45) is 0 Å². The second-order valence-electron chi connectivity index (χ2n) is 9.39. The van der Waals surface area contributed by atoms with E-state index in [1.54, 1.807) is 6.92 Å². The molecular formula is C28H27NO7. The summed E-state index contributed by atoms with van der Waals surface area (Å²) in [5.74, 6) is -3.01. The third kappa shape index (κ3) is 3.35. The van der Waals surface area contributed by atoms with Crippen molar-refractivity contribution in [1.82, 2.24) is 5.32 Å². The van der Waals surface area contributed by atoms with E-state index in [9.17, 15) is 19.2 Å². The predicted octanol–water partition coefficient (Wildman–Crippen LogP) is 2.46. The van der Waals surface area contributed by atoms with Crippen LogP contribution in [0.2, 0.25) is 0 Å². The highest BCUT2D eigenvalue weighted by atomic mass is 16.5. The van der Waals surface area contributed by atoms with Crippen LogP contribution in [0, 0.1) is 0 Å². The van der Waals surface area contributed by atoms with Gasteiger partial charge in [0.05, 0.1) is 32.0 Å². The number of esters is 3. The molecule has 0 fully saturated rings. The highest BCUT2D eigenvalue weighted by molar-refractivity contribution is 6.06. The first-order chi connectivity index (χ1) is 17.3. The lowest BCUT2D eigenvalue weighted by Gasteiger charge is -2.42. The average Bonchev–Trinajstić information content (AvgIpc) is 3.23. The summed E-state index contributed by atoms with van der Waals surface area (Å²) >= 11 is 0. The minimum absolute atomic E-state index is 0.196. The van der Waals surface area contributed by atoms with Crippen molar-refractivity contribution in [3.63, 3.8) is 0 Å². The fourth-order valence-electron chi connectivity index (χ4n) is 6.14. The molecule has 1 unspecified atom stereocenters. The van der Waals surface area contributed by atoms with Gasteiger partial charge in [-0.1, -0.05) is 36.4 Å². The maximum absolute atomic E-state index is 13.0. The summed E-state index contributed by atoms with van der Waals surface area (Å²) in [6.45, 7) is 3.30. The standard InChI is InChI=1S/C28H27NO7/c1-5-36-27(33)28(29-14(2)30)12-15-10-19-20(11-16(15)13-28)22-18-9-7-6-8-17(18)21(19)23(25(31)34-3)24(22)26(32)35-4/h6-11,21-22H,5,12-13H2,1-4H3,(H,29,30)/t21-,22+,28?. The van der Waals surface area contributed by atoms with Crippen LogP contribution in [0.25, 0.3) is 0 Å². The first kappa shape index (κ1) is 23.8. The first-order valence-corrected chi connectivity index (χ1v) is 11.9. The lowest BCUT2D eigenvalue weighted by atomic mass is 9.60. The molecule has 0 saturated carbocycles. The average molecular weight is 490 g/mol. The lowest BCUT2D eigenvalue weighted by Crippen LogP contribution is -2.55. The van der Waals surface area contributed by atoms with Crippen molar-refractivity contribution >= 4 is 23.8 Å². The highest BCUT2D eigenvalue weighted by Crippen LogP contribution is 2.57. The number of carbonyl (C=O) groups excluding carboxylic acids is 4. The molecule has 0 spiro atoms. The number of nitrogens with one attached hydrogen (secondary N) is 1. The van der Waals surface area contributed by atoms with Crippen LogP contribution >= 0.6 is 0 Å². The Hall–Kier alpha value is -3.94. The third-order valence-corrected chi connectivity index (χ3v) is 7.39. The Labute approximate surface area is 208 Å². The molecule has 0 aromatic heterocycles. The molecule has 8 heteroatoms. The molecule has 2 aromatic rings. The third-order valence-electron chi connectivity index (χ3n) is 7.39. The summed E-state index contributed by atoms with van der Waals surface area (Å²) in [5.41, 5.74) is 4.76. The SMILES string of the molecule is CCOC(=O)C1(NC(C)=O)Cc2cc3c(cc2C1)[C@H]1C(C(=O)OC)=C(C(=O)OC)[C@@H]3c2ccccc21. The number of ether oxygens (including phenoxy) is 3. The van der Waals surface area contributed by atoms with Gasteiger partial charge in [-0.15, -0.1) is 0 Å². The van der Waals surface area contributed by atoms with Crippen molar-refractivity contribution in [2.75, 3.05) is 20.8 Å². The molecule has 0 aliphatic heterocycles. The van der Waals surface area contributed by atoms with E-state index in [0.717, 1.165) is 33.4 Å². The van der Waals surface area contributed by atoms with E-state index in [1.807, 2.05) is 36.4 Å². The van der Waals surface area contributed by atoms with E-state index in [4.69, 9.17) is 14.2 Å². The van der Waals surface area contributed by atoms with Crippen molar-refractivity contribution in [1.29, 1.82) is 0 Å². The lowest BCUT2D eigenvalue weighted by molar-refractivity contribution is -0.152. The number of carbonyl (C=O) groups is 4. The Kier molecular flexibility index (Phi) is 5.70. The van der Waals surface area contributed by atoms with Gasteiger partial charge in [-0.2, -0.15) is 0 Å². The highest BCUT2D eigenvalue weighted by Gasteiger charge is 2.51. The molecule has 36 heavy (non-hydrogen) atoms. The zero-order valence-electron chi connectivity index (χ0n) is 20.6. The normalized spacial score (nSPS) is 22.8. The Morgan fingerprint density at radius 3 is 1.72 bits per heavy atom. The molecule has 8 nitrogen and oxygen atoms in total. The topological polar surface area (TPSA) is 108 Å². The van der Waals surface area contributed by atoms with Crippen molar-refractivity contribution in [3.8, 4) is 0 Å². The number of hydrogen-bond donors (Lipinski definition) is 1. The summed E-state index contributed by atoms with van der Waals surface area (Å²) in [6.07, 6.45) is 0.544. The van der Waals surface area contributed by atoms with E-state index in [2.05, 4.69) is 5.32 Å². The molecule has 4 aliphatic rings.